The predicted molar refractivity (Wildman–Crippen MR) is 65.4 cm³/mol. The van der Waals surface area contributed by atoms with Crippen molar-refractivity contribution in [3.05, 3.63) is 16.5 Å². The molecule has 3 nitrogen and oxygen atoms in total. The summed E-state index contributed by atoms with van der Waals surface area (Å²) < 4.78 is 0. The number of nitrogen functional groups attached to an aromatic ring is 1. The van der Waals surface area contributed by atoms with E-state index >= 15 is 0 Å². The van der Waals surface area contributed by atoms with Crippen LogP contribution in [0, 0.1) is 0 Å². The molecule has 0 saturated carbocycles. The van der Waals surface area contributed by atoms with E-state index in [9.17, 15) is 4.79 Å². The number of unbranched alkanes of at least 4 members (excludes halogenated alkanes) is 1. The van der Waals surface area contributed by atoms with Crippen LogP contribution in [0.1, 0.15) is 41.9 Å². The summed E-state index contributed by atoms with van der Waals surface area (Å²) >= 11 is 1.50. The Labute approximate surface area is 94.7 Å². The first kappa shape index (κ1) is 12.0. The number of thiophene rings is 1. The van der Waals surface area contributed by atoms with Crippen LogP contribution < -0.4 is 11.1 Å². The lowest BCUT2D eigenvalue weighted by atomic mass is 10.2. The Morgan fingerprint density at radius 1 is 1.53 bits per heavy atom. The summed E-state index contributed by atoms with van der Waals surface area (Å²) in [5.41, 5.74) is 6.41. The van der Waals surface area contributed by atoms with Gasteiger partial charge in [0.1, 0.15) is 0 Å². The van der Waals surface area contributed by atoms with E-state index in [0.29, 0.717) is 10.6 Å². The van der Waals surface area contributed by atoms with Crippen molar-refractivity contribution in [1.82, 2.24) is 5.32 Å². The zero-order chi connectivity index (χ0) is 11.3. The Balaban J connectivity index is 2.60. The first-order valence-corrected chi connectivity index (χ1v) is 6.17. The van der Waals surface area contributed by atoms with Gasteiger partial charge in [-0.25, -0.2) is 0 Å². The SMILES string of the molecule is CCCCNC(=O)c1cc(CC)sc1N. The first-order chi connectivity index (χ1) is 7.19. The van der Waals surface area contributed by atoms with Crippen LogP contribution in [-0.2, 0) is 6.42 Å². The summed E-state index contributed by atoms with van der Waals surface area (Å²) in [4.78, 5) is 12.8. The fourth-order valence-corrected chi connectivity index (χ4v) is 2.15. The van der Waals surface area contributed by atoms with Crippen molar-refractivity contribution < 1.29 is 4.79 Å². The fraction of sp³-hybridized carbons (Fsp3) is 0.545. The van der Waals surface area contributed by atoms with Crippen LogP contribution in [0.4, 0.5) is 5.00 Å². The molecular formula is C11H18N2OS. The number of rotatable bonds is 5. The van der Waals surface area contributed by atoms with E-state index in [1.54, 1.807) is 0 Å². The minimum atomic E-state index is -0.0445. The molecule has 1 aromatic heterocycles. The van der Waals surface area contributed by atoms with Gasteiger partial charge in [0, 0.05) is 11.4 Å². The zero-order valence-electron chi connectivity index (χ0n) is 9.30. The second-order valence-electron chi connectivity index (χ2n) is 3.45. The molecule has 1 rings (SSSR count). The van der Waals surface area contributed by atoms with Gasteiger partial charge in [-0.3, -0.25) is 4.79 Å². The average Bonchev–Trinajstić information content (AvgIpc) is 2.60. The van der Waals surface area contributed by atoms with Crippen LogP contribution in [0.15, 0.2) is 6.07 Å². The van der Waals surface area contributed by atoms with Crippen molar-refractivity contribution in [2.24, 2.45) is 0 Å². The fourth-order valence-electron chi connectivity index (χ4n) is 1.28. The highest BCUT2D eigenvalue weighted by Crippen LogP contribution is 2.25. The smallest absolute Gasteiger partial charge is 0.254 e. The van der Waals surface area contributed by atoms with Gasteiger partial charge in [0.25, 0.3) is 5.91 Å². The molecule has 1 amide bonds. The van der Waals surface area contributed by atoms with Gasteiger partial charge < -0.3 is 11.1 Å². The van der Waals surface area contributed by atoms with Gasteiger partial charge >= 0.3 is 0 Å². The van der Waals surface area contributed by atoms with Crippen molar-refractivity contribution in [2.75, 3.05) is 12.3 Å². The second-order valence-corrected chi connectivity index (χ2v) is 4.62. The van der Waals surface area contributed by atoms with Crippen molar-refractivity contribution in [2.45, 2.75) is 33.1 Å². The number of hydrogen-bond donors (Lipinski definition) is 2. The lowest BCUT2D eigenvalue weighted by Gasteiger charge is -2.02. The molecule has 1 aromatic rings. The third kappa shape index (κ3) is 3.23. The van der Waals surface area contributed by atoms with Crippen molar-refractivity contribution in [1.29, 1.82) is 0 Å². The van der Waals surface area contributed by atoms with Gasteiger partial charge in [0.05, 0.1) is 10.6 Å². The quantitative estimate of drug-likeness (QED) is 0.758. The lowest BCUT2D eigenvalue weighted by Crippen LogP contribution is -2.24. The van der Waals surface area contributed by atoms with E-state index in [1.165, 1.54) is 11.3 Å². The maximum atomic E-state index is 11.7. The summed E-state index contributed by atoms with van der Waals surface area (Å²) in [7, 11) is 0. The normalized spacial score (nSPS) is 10.3. The van der Waals surface area contributed by atoms with Crippen LogP contribution in [0.2, 0.25) is 0 Å². The van der Waals surface area contributed by atoms with E-state index in [4.69, 9.17) is 5.73 Å². The van der Waals surface area contributed by atoms with E-state index in [2.05, 4.69) is 19.2 Å². The number of carbonyl (C=O) groups excluding carboxylic acids is 1. The molecule has 0 spiro atoms. The lowest BCUT2D eigenvalue weighted by molar-refractivity contribution is 0.0954. The number of amides is 1. The number of nitrogens with two attached hydrogens (primary N) is 1. The molecule has 15 heavy (non-hydrogen) atoms. The first-order valence-electron chi connectivity index (χ1n) is 5.35. The van der Waals surface area contributed by atoms with E-state index < -0.39 is 0 Å². The van der Waals surface area contributed by atoms with Crippen LogP contribution in [0.25, 0.3) is 0 Å². The third-order valence-electron chi connectivity index (χ3n) is 2.22. The largest absolute Gasteiger partial charge is 0.390 e. The average molecular weight is 226 g/mol. The maximum absolute atomic E-state index is 11.7. The predicted octanol–water partition coefficient (Wildman–Crippen LogP) is 2.42. The van der Waals surface area contributed by atoms with Crippen LogP contribution >= 0.6 is 11.3 Å². The highest BCUT2D eigenvalue weighted by atomic mass is 32.1. The Bertz CT molecular complexity index is 333. The molecule has 0 saturated heterocycles. The number of carbonyl (C=O) groups is 1. The maximum Gasteiger partial charge on any atom is 0.254 e. The van der Waals surface area contributed by atoms with Crippen LogP contribution in [0.3, 0.4) is 0 Å². The van der Waals surface area contributed by atoms with Crippen LogP contribution in [0.5, 0.6) is 0 Å². The van der Waals surface area contributed by atoms with Crippen LogP contribution in [-0.4, -0.2) is 12.5 Å². The zero-order valence-corrected chi connectivity index (χ0v) is 10.1. The van der Waals surface area contributed by atoms with Crippen molar-refractivity contribution >= 4 is 22.2 Å². The molecule has 84 valence electrons. The second kappa shape index (κ2) is 5.75. The monoisotopic (exact) mass is 226 g/mol. The third-order valence-corrected chi connectivity index (χ3v) is 3.33. The number of hydrogen-bond acceptors (Lipinski definition) is 3. The molecule has 3 N–H and O–H groups in total. The van der Waals surface area contributed by atoms with Crippen molar-refractivity contribution in [3.63, 3.8) is 0 Å². The Kier molecular flexibility index (Phi) is 4.62. The van der Waals surface area contributed by atoms with Gasteiger partial charge in [-0.1, -0.05) is 20.3 Å². The highest BCUT2D eigenvalue weighted by molar-refractivity contribution is 7.16. The molecule has 0 atom stereocenters. The Morgan fingerprint density at radius 3 is 2.80 bits per heavy atom. The van der Waals surface area contributed by atoms with E-state index in [1.807, 2.05) is 6.07 Å². The summed E-state index contributed by atoms with van der Waals surface area (Å²) in [6.45, 7) is 4.89. The standard InChI is InChI=1S/C11H18N2OS/c1-3-5-6-13-11(14)9-7-8(4-2)15-10(9)12/h7H,3-6,12H2,1-2H3,(H,13,14). The van der Waals surface area contributed by atoms with E-state index in [0.717, 1.165) is 30.7 Å². The van der Waals surface area contributed by atoms with Gasteiger partial charge in [0.2, 0.25) is 0 Å². The minimum Gasteiger partial charge on any atom is -0.390 e. The molecule has 0 radical (unpaired) electrons. The Morgan fingerprint density at radius 2 is 2.27 bits per heavy atom. The minimum absolute atomic E-state index is 0.0445. The molecule has 0 aliphatic carbocycles. The molecule has 0 aliphatic rings. The molecule has 0 aliphatic heterocycles. The van der Waals surface area contributed by atoms with Crippen molar-refractivity contribution in [3.8, 4) is 0 Å². The highest BCUT2D eigenvalue weighted by Gasteiger charge is 2.12. The number of aryl methyl sites for hydroxylation is 1. The van der Waals surface area contributed by atoms with E-state index in [-0.39, 0.29) is 5.91 Å². The molecule has 0 unspecified atom stereocenters. The van der Waals surface area contributed by atoms with Gasteiger partial charge in [-0.05, 0) is 18.9 Å². The summed E-state index contributed by atoms with van der Waals surface area (Å²) in [5, 5.41) is 3.49. The molecule has 4 heteroatoms. The summed E-state index contributed by atoms with van der Waals surface area (Å²) in [5.74, 6) is -0.0445. The molecule has 1 heterocycles. The molecular weight excluding hydrogens is 208 g/mol. The summed E-state index contributed by atoms with van der Waals surface area (Å²) in [6.07, 6.45) is 3.02. The van der Waals surface area contributed by atoms with Gasteiger partial charge in [-0.2, -0.15) is 0 Å². The molecule has 0 aromatic carbocycles. The summed E-state index contributed by atoms with van der Waals surface area (Å²) in [6, 6.07) is 1.89. The molecule has 0 fully saturated rings. The van der Waals surface area contributed by atoms with Gasteiger partial charge in [0.15, 0.2) is 0 Å². The number of nitrogens with one attached hydrogen (secondary N) is 1. The topological polar surface area (TPSA) is 55.1 Å². The van der Waals surface area contributed by atoms with Gasteiger partial charge in [-0.15, -0.1) is 11.3 Å². The molecule has 0 bridgehead atoms. The number of anilines is 1. The Hall–Kier alpha value is -1.03.